The highest BCUT2D eigenvalue weighted by molar-refractivity contribution is 7.89. The molecule has 2 aromatic rings. The molecular formula is C17H15ClF3NO4S. The summed E-state index contributed by atoms with van der Waals surface area (Å²) < 4.78 is 64.4. The van der Waals surface area contributed by atoms with Crippen molar-refractivity contribution in [1.29, 1.82) is 0 Å². The van der Waals surface area contributed by atoms with E-state index in [4.69, 9.17) is 11.6 Å². The van der Waals surface area contributed by atoms with Gasteiger partial charge < -0.3 is 5.11 Å². The fourth-order valence-corrected chi connectivity index (χ4v) is 3.85. The Bertz CT molecular complexity index is 930. The molecule has 1 N–H and O–H groups in total. The van der Waals surface area contributed by atoms with E-state index in [-0.39, 0.29) is 10.5 Å². The number of benzene rings is 2. The number of rotatable bonds is 6. The van der Waals surface area contributed by atoms with Crippen molar-refractivity contribution >= 4 is 27.6 Å². The number of carboxylic acids is 1. The molecule has 1 atom stereocenters. The van der Waals surface area contributed by atoms with E-state index in [1.54, 1.807) is 0 Å². The Kier molecular flexibility index (Phi) is 6.18. The molecule has 0 spiro atoms. The number of nitrogens with zero attached hydrogens (tertiary/aromatic N) is 1. The molecule has 0 bridgehead atoms. The number of aliphatic carboxylic acids is 1. The van der Waals surface area contributed by atoms with Crippen LogP contribution in [0.25, 0.3) is 0 Å². The summed E-state index contributed by atoms with van der Waals surface area (Å²) in [5, 5.41) is 9.74. The lowest BCUT2D eigenvalue weighted by atomic mass is 10.0. The highest BCUT2D eigenvalue weighted by atomic mass is 35.5. The molecule has 27 heavy (non-hydrogen) atoms. The molecule has 0 amide bonds. The molecule has 0 heterocycles. The van der Waals surface area contributed by atoms with E-state index >= 15 is 0 Å². The molecule has 0 fully saturated rings. The molecule has 2 aromatic carbocycles. The summed E-state index contributed by atoms with van der Waals surface area (Å²) in [6, 6.07) is 7.64. The number of alkyl halides is 3. The first-order valence-electron chi connectivity index (χ1n) is 7.55. The summed E-state index contributed by atoms with van der Waals surface area (Å²) in [4.78, 5) is 11.4. The first kappa shape index (κ1) is 21.2. The number of likely N-dealkylation sites (N-methyl/N-ethyl adjacent to an activating group) is 1. The maximum absolute atomic E-state index is 12.8. The van der Waals surface area contributed by atoms with Crippen LogP contribution in [0.15, 0.2) is 53.4 Å². The van der Waals surface area contributed by atoms with Crippen molar-refractivity contribution in [2.75, 3.05) is 7.05 Å². The van der Waals surface area contributed by atoms with Gasteiger partial charge in [-0.3, -0.25) is 4.79 Å². The highest BCUT2D eigenvalue weighted by Gasteiger charge is 2.34. The van der Waals surface area contributed by atoms with Gasteiger partial charge in [-0.15, -0.1) is 0 Å². The quantitative estimate of drug-likeness (QED) is 0.772. The number of carboxylic acid groups (broad SMARTS) is 1. The van der Waals surface area contributed by atoms with Gasteiger partial charge in [0.2, 0.25) is 10.0 Å². The topological polar surface area (TPSA) is 74.7 Å². The van der Waals surface area contributed by atoms with Gasteiger partial charge in [-0.2, -0.15) is 17.5 Å². The van der Waals surface area contributed by atoms with Crippen molar-refractivity contribution in [3.8, 4) is 0 Å². The van der Waals surface area contributed by atoms with Crippen LogP contribution in [0.1, 0.15) is 11.1 Å². The second-order valence-electron chi connectivity index (χ2n) is 5.73. The van der Waals surface area contributed by atoms with Crippen LogP contribution < -0.4 is 0 Å². The third kappa shape index (κ3) is 5.00. The van der Waals surface area contributed by atoms with Gasteiger partial charge in [0, 0.05) is 12.1 Å². The lowest BCUT2D eigenvalue weighted by molar-refractivity contribution is -0.141. The molecule has 0 radical (unpaired) electrons. The molecule has 0 aromatic heterocycles. The van der Waals surface area contributed by atoms with Crippen molar-refractivity contribution in [2.45, 2.75) is 23.5 Å². The smallest absolute Gasteiger partial charge is 0.416 e. The zero-order valence-corrected chi connectivity index (χ0v) is 15.5. The average molecular weight is 422 g/mol. The zero-order chi connectivity index (χ0) is 20.4. The number of sulfonamides is 1. The third-order valence-corrected chi connectivity index (χ3v) is 6.03. The van der Waals surface area contributed by atoms with Crippen LogP contribution in [-0.4, -0.2) is 36.9 Å². The van der Waals surface area contributed by atoms with Gasteiger partial charge in [0.1, 0.15) is 6.04 Å². The van der Waals surface area contributed by atoms with E-state index in [1.807, 2.05) is 0 Å². The predicted molar refractivity (Wildman–Crippen MR) is 93.0 cm³/mol. The van der Waals surface area contributed by atoms with Gasteiger partial charge in [-0.05, 0) is 42.3 Å². The highest BCUT2D eigenvalue weighted by Crippen LogP contribution is 2.30. The fourth-order valence-electron chi connectivity index (χ4n) is 2.41. The maximum Gasteiger partial charge on any atom is 0.416 e. The number of hydrogen-bond donors (Lipinski definition) is 1. The summed E-state index contributed by atoms with van der Waals surface area (Å²) in [6.07, 6.45) is -5.02. The molecule has 5 nitrogen and oxygen atoms in total. The minimum atomic E-state index is -4.59. The number of carbonyl (C=O) groups is 1. The van der Waals surface area contributed by atoms with Crippen LogP contribution >= 0.6 is 11.6 Å². The molecule has 0 aliphatic rings. The molecule has 146 valence electrons. The molecule has 0 saturated carbocycles. The average Bonchev–Trinajstić information content (AvgIpc) is 2.58. The first-order valence-corrected chi connectivity index (χ1v) is 9.37. The second kappa shape index (κ2) is 7.87. The molecule has 0 aliphatic carbocycles. The summed E-state index contributed by atoms with van der Waals surface area (Å²) >= 11 is 5.72. The largest absolute Gasteiger partial charge is 0.480 e. The van der Waals surface area contributed by atoms with Gasteiger partial charge in [-0.25, -0.2) is 8.42 Å². The van der Waals surface area contributed by atoms with Crippen LogP contribution in [-0.2, 0) is 27.4 Å². The van der Waals surface area contributed by atoms with E-state index in [0.717, 1.165) is 25.2 Å². The summed E-state index contributed by atoms with van der Waals surface area (Å²) in [5.41, 5.74) is -0.886. The van der Waals surface area contributed by atoms with Gasteiger partial charge in [0.15, 0.2) is 0 Å². The lowest BCUT2D eigenvalue weighted by Crippen LogP contribution is -2.43. The normalized spacial score (nSPS) is 13.6. The summed E-state index contributed by atoms with van der Waals surface area (Å²) in [7, 11) is -3.12. The molecule has 2 rings (SSSR count). The zero-order valence-electron chi connectivity index (χ0n) is 13.9. The Morgan fingerprint density at radius 3 is 2.30 bits per heavy atom. The van der Waals surface area contributed by atoms with Crippen LogP contribution in [0, 0.1) is 0 Å². The van der Waals surface area contributed by atoms with Crippen LogP contribution in [0.2, 0.25) is 5.02 Å². The van der Waals surface area contributed by atoms with Crippen molar-refractivity contribution in [1.82, 2.24) is 4.31 Å². The van der Waals surface area contributed by atoms with Gasteiger partial charge in [0.25, 0.3) is 0 Å². The maximum atomic E-state index is 12.8. The molecule has 0 aliphatic heterocycles. The number of halogens is 4. The van der Waals surface area contributed by atoms with E-state index in [1.165, 1.54) is 30.3 Å². The summed E-state index contributed by atoms with van der Waals surface area (Å²) in [6.45, 7) is 0. The van der Waals surface area contributed by atoms with Gasteiger partial charge in [0.05, 0.1) is 10.5 Å². The van der Waals surface area contributed by atoms with Crippen LogP contribution in [0.4, 0.5) is 13.2 Å². The lowest BCUT2D eigenvalue weighted by Gasteiger charge is -2.24. The van der Waals surface area contributed by atoms with Crippen LogP contribution in [0.3, 0.4) is 0 Å². The molecular weight excluding hydrogens is 407 g/mol. The van der Waals surface area contributed by atoms with Crippen LogP contribution in [0.5, 0.6) is 0 Å². The molecule has 0 saturated heterocycles. The van der Waals surface area contributed by atoms with E-state index in [0.29, 0.717) is 9.33 Å². The minimum Gasteiger partial charge on any atom is -0.480 e. The Balaban J connectivity index is 2.35. The standard InChI is InChI=1S/C17H15ClF3NO4S/c1-22(27(25,26)14-7-5-13(18)6-8-14)15(16(23)24)10-11-3-2-4-12(9-11)17(19,20)21/h2-9,15H,10H2,1H3,(H,23,24). The van der Waals surface area contributed by atoms with Crippen molar-refractivity contribution in [3.63, 3.8) is 0 Å². The first-order chi connectivity index (χ1) is 12.4. The van der Waals surface area contributed by atoms with Gasteiger partial charge in [-0.1, -0.05) is 29.8 Å². The van der Waals surface area contributed by atoms with Crippen molar-refractivity contribution in [2.24, 2.45) is 0 Å². The van der Waals surface area contributed by atoms with E-state index < -0.39 is 40.2 Å². The van der Waals surface area contributed by atoms with Crippen molar-refractivity contribution in [3.05, 3.63) is 64.7 Å². The fraction of sp³-hybridized carbons (Fsp3) is 0.235. The molecule has 1 unspecified atom stereocenters. The number of hydrogen-bond acceptors (Lipinski definition) is 3. The predicted octanol–water partition coefficient (Wildman–Crippen LogP) is 3.68. The molecule has 10 heteroatoms. The van der Waals surface area contributed by atoms with Gasteiger partial charge >= 0.3 is 12.1 Å². The summed E-state index contributed by atoms with van der Waals surface area (Å²) in [5.74, 6) is -1.48. The van der Waals surface area contributed by atoms with E-state index in [2.05, 4.69) is 0 Å². The SMILES string of the molecule is CN(C(Cc1cccc(C(F)(F)F)c1)C(=O)O)S(=O)(=O)c1ccc(Cl)cc1. The third-order valence-electron chi connectivity index (χ3n) is 3.90. The van der Waals surface area contributed by atoms with Crippen molar-refractivity contribution < 1.29 is 31.5 Å². The Morgan fingerprint density at radius 1 is 1.19 bits per heavy atom. The Labute approximate surface area is 159 Å². The Hall–Kier alpha value is -2.10. The van der Waals surface area contributed by atoms with E-state index in [9.17, 15) is 31.5 Å². The second-order valence-corrected chi connectivity index (χ2v) is 8.17. The Morgan fingerprint density at radius 2 is 1.78 bits per heavy atom. The minimum absolute atomic E-state index is 0.0513. The monoisotopic (exact) mass is 421 g/mol.